The molecule has 98 valence electrons. The Morgan fingerprint density at radius 2 is 2.33 bits per heavy atom. The number of nitro benzene ring substituents is 1. The van der Waals surface area contributed by atoms with Gasteiger partial charge >= 0.3 is 0 Å². The number of benzene rings is 1. The molecule has 2 atom stereocenters. The molecule has 0 bridgehead atoms. The van der Waals surface area contributed by atoms with Crippen LogP contribution in [-0.4, -0.2) is 22.0 Å². The van der Waals surface area contributed by atoms with Gasteiger partial charge in [-0.05, 0) is 40.6 Å². The number of hydrogen-bond acceptors (Lipinski definition) is 4. The van der Waals surface area contributed by atoms with Crippen LogP contribution in [-0.2, 0) is 0 Å². The smallest absolute Gasteiger partial charge is 0.270 e. The fraction of sp³-hybridized carbons (Fsp3) is 0.500. The third-order valence-electron chi connectivity index (χ3n) is 3.11. The molecule has 4 nitrogen and oxygen atoms in total. The fourth-order valence-corrected chi connectivity index (χ4v) is 3.67. The van der Waals surface area contributed by atoms with E-state index in [1.807, 2.05) is 11.8 Å². The van der Waals surface area contributed by atoms with Crippen molar-refractivity contribution < 1.29 is 4.92 Å². The van der Waals surface area contributed by atoms with Crippen LogP contribution in [0.3, 0.4) is 0 Å². The van der Waals surface area contributed by atoms with Gasteiger partial charge in [0.15, 0.2) is 0 Å². The number of nitrogens with one attached hydrogen (secondary N) is 1. The summed E-state index contributed by atoms with van der Waals surface area (Å²) in [5.74, 6) is 1.22. The van der Waals surface area contributed by atoms with Crippen molar-refractivity contribution in [1.82, 2.24) is 0 Å². The number of hydrogen-bond donors (Lipinski definition) is 1. The number of nitro groups is 1. The molecule has 1 fully saturated rings. The average molecular weight is 331 g/mol. The number of rotatable bonds is 3. The lowest BCUT2D eigenvalue weighted by atomic mass is 10.1. The molecule has 1 aromatic carbocycles. The largest absolute Gasteiger partial charge is 0.380 e. The first-order valence-electron chi connectivity index (χ1n) is 5.90. The first kappa shape index (κ1) is 13.7. The topological polar surface area (TPSA) is 55.2 Å². The highest BCUT2D eigenvalue weighted by atomic mass is 79.9. The molecule has 18 heavy (non-hydrogen) atoms. The van der Waals surface area contributed by atoms with E-state index in [0.717, 1.165) is 16.6 Å². The first-order chi connectivity index (χ1) is 8.58. The van der Waals surface area contributed by atoms with Crippen molar-refractivity contribution >= 4 is 39.1 Å². The van der Waals surface area contributed by atoms with Crippen molar-refractivity contribution in [2.75, 3.05) is 11.1 Å². The van der Waals surface area contributed by atoms with Gasteiger partial charge in [-0.25, -0.2) is 0 Å². The number of non-ortho nitro benzene ring substituents is 1. The summed E-state index contributed by atoms with van der Waals surface area (Å²) < 4.78 is 0.750. The van der Waals surface area contributed by atoms with Crippen LogP contribution in [0.25, 0.3) is 0 Å². The summed E-state index contributed by atoms with van der Waals surface area (Å²) in [5.41, 5.74) is 1.04. The average Bonchev–Trinajstić information content (AvgIpc) is 2.34. The summed E-state index contributed by atoms with van der Waals surface area (Å²) in [5, 5.41) is 14.7. The molecule has 1 aliphatic rings. The number of nitrogens with zero attached hydrogens (tertiary/aromatic N) is 1. The molecule has 1 N–H and O–H groups in total. The van der Waals surface area contributed by atoms with Gasteiger partial charge in [0.2, 0.25) is 0 Å². The van der Waals surface area contributed by atoms with E-state index in [4.69, 9.17) is 0 Å². The Morgan fingerprint density at radius 3 is 2.94 bits per heavy atom. The minimum absolute atomic E-state index is 0.110. The maximum Gasteiger partial charge on any atom is 0.270 e. The van der Waals surface area contributed by atoms with Crippen molar-refractivity contribution in [3.8, 4) is 0 Å². The number of halogens is 1. The molecule has 1 aromatic rings. The Bertz CT molecular complexity index is 456. The number of thioether (sulfide) groups is 1. The van der Waals surface area contributed by atoms with Gasteiger partial charge in [0.05, 0.1) is 4.92 Å². The standard InChI is InChI=1S/C12H15BrN2O2S/c1-8-11(3-2-6-18-8)14-12-5-4-9(15(16)17)7-10(12)13/h4-5,7-8,11,14H,2-3,6H2,1H3. The predicted octanol–water partition coefficient (Wildman–Crippen LogP) is 4.05. The number of anilines is 1. The van der Waals surface area contributed by atoms with E-state index in [2.05, 4.69) is 28.2 Å². The lowest BCUT2D eigenvalue weighted by molar-refractivity contribution is -0.384. The zero-order chi connectivity index (χ0) is 13.1. The summed E-state index contributed by atoms with van der Waals surface area (Å²) in [4.78, 5) is 10.3. The van der Waals surface area contributed by atoms with E-state index in [0.29, 0.717) is 11.3 Å². The Hall–Kier alpha value is -0.750. The molecule has 1 heterocycles. The Balaban J connectivity index is 2.11. The van der Waals surface area contributed by atoms with Crippen molar-refractivity contribution in [3.63, 3.8) is 0 Å². The maximum absolute atomic E-state index is 10.7. The van der Waals surface area contributed by atoms with Crippen molar-refractivity contribution in [2.24, 2.45) is 0 Å². The molecule has 1 saturated heterocycles. The van der Waals surface area contributed by atoms with Gasteiger partial charge in [-0.1, -0.05) is 6.92 Å². The van der Waals surface area contributed by atoms with Gasteiger partial charge in [0, 0.05) is 33.6 Å². The molecule has 0 radical (unpaired) electrons. The maximum atomic E-state index is 10.7. The summed E-state index contributed by atoms with van der Waals surface area (Å²) >= 11 is 5.36. The highest BCUT2D eigenvalue weighted by molar-refractivity contribution is 9.10. The lowest BCUT2D eigenvalue weighted by Gasteiger charge is -2.30. The Morgan fingerprint density at radius 1 is 1.56 bits per heavy atom. The van der Waals surface area contributed by atoms with E-state index < -0.39 is 0 Å². The second-order valence-corrected chi connectivity index (χ2v) is 6.73. The SMILES string of the molecule is CC1SCCCC1Nc1ccc([N+](=O)[O-])cc1Br. The van der Waals surface area contributed by atoms with Crippen LogP contribution in [0.4, 0.5) is 11.4 Å². The monoisotopic (exact) mass is 330 g/mol. The van der Waals surface area contributed by atoms with Crippen LogP contribution >= 0.6 is 27.7 Å². The summed E-state index contributed by atoms with van der Waals surface area (Å²) in [6, 6.07) is 5.28. The second-order valence-electron chi connectivity index (χ2n) is 4.39. The van der Waals surface area contributed by atoms with Crippen LogP contribution in [0.1, 0.15) is 19.8 Å². The molecular formula is C12H15BrN2O2S. The Labute approximate surface area is 119 Å². The van der Waals surface area contributed by atoms with Crippen molar-refractivity contribution in [2.45, 2.75) is 31.1 Å². The van der Waals surface area contributed by atoms with Gasteiger partial charge in [0.1, 0.15) is 0 Å². The summed E-state index contributed by atoms with van der Waals surface area (Å²) in [6.45, 7) is 2.22. The van der Waals surface area contributed by atoms with Gasteiger partial charge < -0.3 is 5.32 Å². The van der Waals surface area contributed by atoms with E-state index in [9.17, 15) is 10.1 Å². The van der Waals surface area contributed by atoms with Gasteiger partial charge in [-0.15, -0.1) is 0 Å². The normalized spacial score (nSPS) is 23.7. The lowest BCUT2D eigenvalue weighted by Crippen LogP contribution is -2.32. The molecule has 0 amide bonds. The zero-order valence-electron chi connectivity index (χ0n) is 10.1. The summed E-state index contributed by atoms with van der Waals surface area (Å²) in [7, 11) is 0. The second kappa shape index (κ2) is 5.93. The molecule has 2 rings (SSSR count). The predicted molar refractivity (Wildman–Crippen MR) is 79.4 cm³/mol. The first-order valence-corrected chi connectivity index (χ1v) is 7.74. The minimum Gasteiger partial charge on any atom is -0.380 e. The molecular weight excluding hydrogens is 316 g/mol. The van der Waals surface area contributed by atoms with Crippen molar-refractivity contribution in [3.05, 3.63) is 32.8 Å². The van der Waals surface area contributed by atoms with Gasteiger partial charge in [-0.2, -0.15) is 11.8 Å². The molecule has 0 aliphatic carbocycles. The molecule has 2 unspecified atom stereocenters. The van der Waals surface area contributed by atoms with E-state index in [-0.39, 0.29) is 10.6 Å². The third-order valence-corrected chi connectivity index (χ3v) is 5.15. The van der Waals surface area contributed by atoms with E-state index in [1.165, 1.54) is 18.2 Å². The quantitative estimate of drug-likeness (QED) is 0.670. The fourth-order valence-electron chi connectivity index (χ4n) is 2.05. The van der Waals surface area contributed by atoms with Crippen LogP contribution in [0.15, 0.2) is 22.7 Å². The van der Waals surface area contributed by atoms with E-state index in [1.54, 1.807) is 12.1 Å². The highest BCUT2D eigenvalue weighted by Crippen LogP contribution is 2.32. The van der Waals surface area contributed by atoms with Gasteiger partial charge in [-0.3, -0.25) is 10.1 Å². The van der Waals surface area contributed by atoms with Crippen LogP contribution in [0.2, 0.25) is 0 Å². The van der Waals surface area contributed by atoms with Crippen molar-refractivity contribution in [1.29, 1.82) is 0 Å². The Kier molecular flexibility index (Phi) is 4.50. The van der Waals surface area contributed by atoms with Gasteiger partial charge in [0.25, 0.3) is 5.69 Å². The molecule has 0 saturated carbocycles. The summed E-state index contributed by atoms with van der Waals surface area (Å²) in [6.07, 6.45) is 2.37. The third kappa shape index (κ3) is 3.17. The molecule has 0 aromatic heterocycles. The highest BCUT2D eigenvalue weighted by Gasteiger charge is 2.22. The molecule has 6 heteroatoms. The van der Waals surface area contributed by atoms with E-state index >= 15 is 0 Å². The van der Waals surface area contributed by atoms with Crippen LogP contribution < -0.4 is 5.32 Å². The van der Waals surface area contributed by atoms with Crippen LogP contribution in [0.5, 0.6) is 0 Å². The zero-order valence-corrected chi connectivity index (χ0v) is 12.5. The molecule has 0 spiro atoms. The van der Waals surface area contributed by atoms with Crippen LogP contribution in [0, 0.1) is 10.1 Å². The minimum atomic E-state index is -0.381. The molecule has 1 aliphatic heterocycles.